The van der Waals surface area contributed by atoms with Crippen LogP contribution in [-0.2, 0) is 11.2 Å². The molecule has 1 fully saturated rings. The van der Waals surface area contributed by atoms with E-state index in [1.54, 1.807) is 12.1 Å². The van der Waals surface area contributed by atoms with Gasteiger partial charge in [0.05, 0.1) is 23.9 Å². The number of amides is 1. The maximum atomic E-state index is 13.0. The number of carbonyl (C=O) groups excluding carboxylic acids is 1. The first-order valence-corrected chi connectivity index (χ1v) is 10.4. The van der Waals surface area contributed by atoms with Crippen LogP contribution in [0.5, 0.6) is 5.75 Å². The number of hydrogen-bond acceptors (Lipinski definition) is 3. The van der Waals surface area contributed by atoms with E-state index in [0.29, 0.717) is 6.42 Å². The molecule has 29 heavy (non-hydrogen) atoms. The first kappa shape index (κ1) is 19.4. The van der Waals surface area contributed by atoms with Gasteiger partial charge in [0.2, 0.25) is 5.91 Å². The summed E-state index contributed by atoms with van der Waals surface area (Å²) < 4.78 is 5.40. The summed E-state index contributed by atoms with van der Waals surface area (Å²) in [5.41, 5.74) is 3.87. The minimum atomic E-state index is -0.221. The van der Waals surface area contributed by atoms with E-state index in [1.165, 1.54) is 5.56 Å². The van der Waals surface area contributed by atoms with Gasteiger partial charge in [0.1, 0.15) is 5.75 Å². The molecule has 1 spiro atoms. The van der Waals surface area contributed by atoms with Crippen molar-refractivity contribution in [3.8, 4) is 5.75 Å². The molecular formula is C25H28N2O2. The fraction of sp³-hybridized carbons (Fsp3) is 0.360. The molecule has 150 valence electrons. The summed E-state index contributed by atoms with van der Waals surface area (Å²) >= 11 is 0. The lowest BCUT2D eigenvalue weighted by molar-refractivity contribution is -0.129. The third-order valence-corrected chi connectivity index (χ3v) is 6.20. The van der Waals surface area contributed by atoms with E-state index in [-0.39, 0.29) is 11.3 Å². The fourth-order valence-electron chi connectivity index (χ4n) is 4.60. The Kier molecular flexibility index (Phi) is 5.52. The maximum absolute atomic E-state index is 13.0. The predicted octanol–water partition coefficient (Wildman–Crippen LogP) is 5.34. The third kappa shape index (κ3) is 3.71. The SMILES string of the molecule is C=C1N(C(=O)CCCc2ccccc2)N=C(c2cccc(OC)c2)C12CCCC2. The van der Waals surface area contributed by atoms with Crippen LogP contribution in [0.2, 0.25) is 0 Å². The van der Waals surface area contributed by atoms with Gasteiger partial charge in [-0.1, -0.05) is 61.9 Å². The van der Waals surface area contributed by atoms with Crippen LogP contribution < -0.4 is 4.74 Å². The summed E-state index contributed by atoms with van der Waals surface area (Å²) in [6.07, 6.45) is 6.44. The number of hydrazone groups is 1. The number of allylic oxidation sites excluding steroid dienone is 1. The predicted molar refractivity (Wildman–Crippen MR) is 116 cm³/mol. The van der Waals surface area contributed by atoms with E-state index in [4.69, 9.17) is 9.84 Å². The molecule has 0 bridgehead atoms. The highest BCUT2D eigenvalue weighted by Crippen LogP contribution is 2.51. The van der Waals surface area contributed by atoms with Gasteiger partial charge in [-0.05, 0) is 43.4 Å². The molecule has 4 rings (SSSR count). The van der Waals surface area contributed by atoms with Crippen molar-refractivity contribution < 1.29 is 9.53 Å². The number of carbonyl (C=O) groups is 1. The van der Waals surface area contributed by atoms with Crippen LogP contribution in [0.25, 0.3) is 0 Å². The van der Waals surface area contributed by atoms with Gasteiger partial charge in [0, 0.05) is 12.0 Å². The molecule has 0 aromatic heterocycles. The van der Waals surface area contributed by atoms with Crippen molar-refractivity contribution in [3.63, 3.8) is 0 Å². The number of hydrogen-bond donors (Lipinski definition) is 0. The van der Waals surface area contributed by atoms with Gasteiger partial charge in [0.15, 0.2) is 0 Å². The first-order valence-electron chi connectivity index (χ1n) is 10.4. The molecule has 1 heterocycles. The smallest absolute Gasteiger partial charge is 0.247 e. The van der Waals surface area contributed by atoms with Crippen LogP contribution >= 0.6 is 0 Å². The average molecular weight is 389 g/mol. The summed E-state index contributed by atoms with van der Waals surface area (Å²) in [6, 6.07) is 18.3. The van der Waals surface area contributed by atoms with Crippen LogP contribution in [0.4, 0.5) is 0 Å². The van der Waals surface area contributed by atoms with E-state index in [1.807, 2.05) is 36.4 Å². The van der Waals surface area contributed by atoms with E-state index in [2.05, 4.69) is 24.8 Å². The number of aryl methyl sites for hydroxylation is 1. The zero-order chi connectivity index (χ0) is 20.3. The lowest BCUT2D eigenvalue weighted by Gasteiger charge is -2.28. The molecule has 4 nitrogen and oxygen atoms in total. The van der Waals surface area contributed by atoms with Gasteiger partial charge < -0.3 is 4.74 Å². The molecule has 0 N–H and O–H groups in total. The van der Waals surface area contributed by atoms with E-state index >= 15 is 0 Å². The number of benzene rings is 2. The van der Waals surface area contributed by atoms with E-state index in [9.17, 15) is 4.79 Å². The largest absolute Gasteiger partial charge is 0.497 e. The highest BCUT2D eigenvalue weighted by Gasteiger charge is 2.49. The van der Waals surface area contributed by atoms with Gasteiger partial charge in [0.25, 0.3) is 0 Å². The van der Waals surface area contributed by atoms with Gasteiger partial charge in [-0.3, -0.25) is 4.79 Å². The Labute approximate surface area is 172 Å². The maximum Gasteiger partial charge on any atom is 0.247 e. The Morgan fingerprint density at radius 3 is 2.62 bits per heavy atom. The van der Waals surface area contributed by atoms with Crippen LogP contribution in [0.1, 0.15) is 49.7 Å². The standard InChI is InChI=1S/C25H28N2O2/c1-19-25(16-6-7-17-25)24(21-13-9-14-22(18-21)29-2)26-27(19)23(28)15-8-12-20-10-4-3-5-11-20/h3-5,9-11,13-14,18H,1,6-8,12,15-17H2,2H3. The summed E-state index contributed by atoms with van der Waals surface area (Å²) in [5.74, 6) is 0.840. The van der Waals surface area contributed by atoms with Gasteiger partial charge in [-0.2, -0.15) is 5.10 Å². The van der Waals surface area contributed by atoms with Crippen molar-refractivity contribution >= 4 is 11.6 Å². The topological polar surface area (TPSA) is 41.9 Å². The van der Waals surface area contributed by atoms with Crippen molar-refractivity contribution in [2.45, 2.75) is 44.9 Å². The lowest BCUT2D eigenvalue weighted by Crippen LogP contribution is -2.31. The molecular weight excluding hydrogens is 360 g/mol. The molecule has 1 saturated carbocycles. The van der Waals surface area contributed by atoms with E-state index < -0.39 is 0 Å². The summed E-state index contributed by atoms with van der Waals surface area (Å²) in [4.78, 5) is 13.0. The Morgan fingerprint density at radius 1 is 1.14 bits per heavy atom. The van der Waals surface area contributed by atoms with Crippen molar-refractivity contribution in [2.24, 2.45) is 10.5 Å². The van der Waals surface area contributed by atoms with Crippen molar-refractivity contribution in [3.05, 3.63) is 78.0 Å². The zero-order valence-corrected chi connectivity index (χ0v) is 17.1. The van der Waals surface area contributed by atoms with Crippen molar-refractivity contribution in [1.29, 1.82) is 0 Å². The average Bonchev–Trinajstić information content (AvgIpc) is 3.35. The number of nitrogens with zero attached hydrogens (tertiary/aromatic N) is 2. The molecule has 2 aromatic rings. The fourth-order valence-corrected chi connectivity index (χ4v) is 4.60. The van der Waals surface area contributed by atoms with Crippen molar-refractivity contribution in [2.75, 3.05) is 7.11 Å². The van der Waals surface area contributed by atoms with Gasteiger partial charge in [-0.25, -0.2) is 5.01 Å². The molecule has 4 heteroatoms. The van der Waals surface area contributed by atoms with Crippen LogP contribution in [-0.4, -0.2) is 23.7 Å². The first-order chi connectivity index (χ1) is 14.1. The van der Waals surface area contributed by atoms with E-state index in [0.717, 1.165) is 61.2 Å². The Hall–Kier alpha value is -2.88. The van der Waals surface area contributed by atoms with Gasteiger partial charge >= 0.3 is 0 Å². The Balaban J connectivity index is 1.54. The van der Waals surface area contributed by atoms with Crippen LogP contribution in [0.3, 0.4) is 0 Å². The van der Waals surface area contributed by atoms with Crippen LogP contribution in [0.15, 0.2) is 72.0 Å². The number of methoxy groups -OCH3 is 1. The monoisotopic (exact) mass is 388 g/mol. The molecule has 0 radical (unpaired) electrons. The third-order valence-electron chi connectivity index (χ3n) is 6.20. The highest BCUT2D eigenvalue weighted by molar-refractivity contribution is 6.09. The molecule has 2 aliphatic rings. The Morgan fingerprint density at radius 2 is 1.90 bits per heavy atom. The highest BCUT2D eigenvalue weighted by atomic mass is 16.5. The molecule has 2 aromatic carbocycles. The van der Waals surface area contributed by atoms with Crippen LogP contribution in [0, 0.1) is 5.41 Å². The lowest BCUT2D eigenvalue weighted by atomic mass is 9.76. The number of ether oxygens (including phenoxy) is 1. The summed E-state index contributed by atoms with van der Waals surface area (Å²) in [7, 11) is 1.67. The molecule has 0 saturated heterocycles. The minimum absolute atomic E-state index is 0.0371. The molecule has 0 atom stereocenters. The van der Waals surface area contributed by atoms with Gasteiger partial charge in [-0.15, -0.1) is 0 Å². The second kappa shape index (κ2) is 8.24. The molecule has 0 unspecified atom stereocenters. The minimum Gasteiger partial charge on any atom is -0.497 e. The molecule has 1 aliphatic carbocycles. The molecule has 1 aliphatic heterocycles. The Bertz CT molecular complexity index is 927. The number of rotatable bonds is 6. The normalized spacial score (nSPS) is 17.6. The summed E-state index contributed by atoms with van der Waals surface area (Å²) in [6.45, 7) is 4.34. The summed E-state index contributed by atoms with van der Waals surface area (Å²) in [5, 5.41) is 6.41. The van der Waals surface area contributed by atoms with Crippen molar-refractivity contribution in [1.82, 2.24) is 5.01 Å². The molecule has 1 amide bonds. The second-order valence-corrected chi connectivity index (χ2v) is 7.96. The zero-order valence-electron chi connectivity index (χ0n) is 17.1. The second-order valence-electron chi connectivity index (χ2n) is 7.96. The quantitative estimate of drug-likeness (QED) is 0.670.